The first-order chi connectivity index (χ1) is 7.75. The van der Waals surface area contributed by atoms with Crippen molar-refractivity contribution in [2.24, 2.45) is 0 Å². The molecular formula is C12H14BrNO2. The predicted octanol–water partition coefficient (Wildman–Crippen LogP) is 2.55. The molecule has 1 fully saturated rings. The molecular weight excluding hydrogens is 270 g/mol. The van der Waals surface area contributed by atoms with Gasteiger partial charge in [0, 0.05) is 11.0 Å². The summed E-state index contributed by atoms with van der Waals surface area (Å²) in [4.78, 5) is 17.2. The Morgan fingerprint density at radius 1 is 1.44 bits per heavy atom. The van der Waals surface area contributed by atoms with Gasteiger partial charge in [0.2, 0.25) is 0 Å². The highest BCUT2D eigenvalue weighted by Gasteiger charge is 2.17. The number of benzene rings is 1. The Bertz CT molecular complexity index is 375. The molecule has 0 bridgehead atoms. The molecule has 3 nitrogen and oxygen atoms in total. The lowest BCUT2D eigenvalue weighted by Crippen LogP contribution is -2.36. The Morgan fingerprint density at radius 3 is 3.00 bits per heavy atom. The smallest absolute Gasteiger partial charge is 0.250 e. The maximum absolute atomic E-state index is 11.9. The summed E-state index contributed by atoms with van der Waals surface area (Å²) >= 11 is 3.39. The summed E-state index contributed by atoms with van der Waals surface area (Å²) < 4.78 is 0.998. The molecule has 16 heavy (non-hydrogen) atoms. The quantitative estimate of drug-likeness (QED) is 0.835. The van der Waals surface area contributed by atoms with Crippen molar-refractivity contribution in [2.45, 2.75) is 19.3 Å². The average Bonchev–Trinajstić information content (AvgIpc) is 2.30. The molecule has 0 aromatic heterocycles. The molecule has 0 spiro atoms. The van der Waals surface area contributed by atoms with E-state index in [4.69, 9.17) is 4.84 Å². The summed E-state index contributed by atoms with van der Waals surface area (Å²) in [5.41, 5.74) is 1.01. The summed E-state index contributed by atoms with van der Waals surface area (Å²) in [6, 6.07) is 7.80. The maximum Gasteiger partial charge on any atom is 0.250 e. The standard InChI is InChI=1S/C12H14BrNO2/c13-11-5-3-4-10(8-11)9-12(15)14-6-1-2-7-16-14/h3-5,8H,1-2,6-7,9H2. The average molecular weight is 284 g/mol. The fraction of sp³-hybridized carbons (Fsp3) is 0.417. The highest BCUT2D eigenvalue weighted by atomic mass is 79.9. The van der Waals surface area contributed by atoms with Gasteiger partial charge in [0.1, 0.15) is 0 Å². The van der Waals surface area contributed by atoms with Crippen LogP contribution in [0.3, 0.4) is 0 Å². The van der Waals surface area contributed by atoms with Gasteiger partial charge in [0.25, 0.3) is 5.91 Å². The van der Waals surface area contributed by atoms with E-state index in [0.717, 1.165) is 22.9 Å². The number of hydrogen-bond donors (Lipinski definition) is 0. The summed E-state index contributed by atoms with van der Waals surface area (Å²) in [5, 5.41) is 1.49. The normalized spacial score (nSPS) is 16.2. The molecule has 0 unspecified atom stereocenters. The molecule has 1 aromatic rings. The summed E-state index contributed by atoms with van der Waals surface area (Å²) in [5.74, 6) is 0.0396. The second-order valence-electron chi connectivity index (χ2n) is 3.84. The van der Waals surface area contributed by atoms with E-state index in [1.807, 2.05) is 24.3 Å². The van der Waals surface area contributed by atoms with Crippen molar-refractivity contribution in [3.63, 3.8) is 0 Å². The van der Waals surface area contributed by atoms with Gasteiger partial charge < -0.3 is 0 Å². The number of carbonyl (C=O) groups is 1. The first-order valence-corrected chi connectivity index (χ1v) is 6.23. The molecule has 1 aliphatic heterocycles. The zero-order valence-corrected chi connectivity index (χ0v) is 10.6. The van der Waals surface area contributed by atoms with Crippen molar-refractivity contribution in [1.82, 2.24) is 5.06 Å². The van der Waals surface area contributed by atoms with Crippen molar-refractivity contribution in [2.75, 3.05) is 13.2 Å². The van der Waals surface area contributed by atoms with Crippen LogP contribution >= 0.6 is 15.9 Å². The Balaban J connectivity index is 1.96. The minimum absolute atomic E-state index is 0.0396. The van der Waals surface area contributed by atoms with Crippen LogP contribution < -0.4 is 0 Å². The van der Waals surface area contributed by atoms with Gasteiger partial charge in [-0.3, -0.25) is 9.63 Å². The number of halogens is 1. The van der Waals surface area contributed by atoms with E-state index in [9.17, 15) is 4.79 Å². The van der Waals surface area contributed by atoms with Crippen LogP contribution in [0.2, 0.25) is 0 Å². The van der Waals surface area contributed by atoms with Crippen LogP contribution in [0.25, 0.3) is 0 Å². The molecule has 2 rings (SSSR count). The van der Waals surface area contributed by atoms with Gasteiger partial charge in [0.15, 0.2) is 0 Å². The monoisotopic (exact) mass is 283 g/mol. The number of hydroxylamine groups is 2. The topological polar surface area (TPSA) is 29.5 Å². The van der Waals surface area contributed by atoms with Crippen molar-refractivity contribution in [1.29, 1.82) is 0 Å². The van der Waals surface area contributed by atoms with Crippen LogP contribution in [0, 0.1) is 0 Å². The van der Waals surface area contributed by atoms with E-state index in [0.29, 0.717) is 19.6 Å². The van der Waals surface area contributed by atoms with E-state index in [1.54, 1.807) is 0 Å². The Kier molecular flexibility index (Phi) is 3.96. The van der Waals surface area contributed by atoms with Crippen LogP contribution in [0.15, 0.2) is 28.7 Å². The Hall–Kier alpha value is -0.870. The molecule has 1 amide bonds. The molecule has 4 heteroatoms. The second kappa shape index (κ2) is 5.46. The van der Waals surface area contributed by atoms with Crippen LogP contribution in [0.1, 0.15) is 18.4 Å². The van der Waals surface area contributed by atoms with Crippen LogP contribution in [0.5, 0.6) is 0 Å². The van der Waals surface area contributed by atoms with Gasteiger partial charge in [-0.1, -0.05) is 28.1 Å². The van der Waals surface area contributed by atoms with E-state index in [1.165, 1.54) is 5.06 Å². The largest absolute Gasteiger partial charge is 0.272 e. The third kappa shape index (κ3) is 3.06. The number of hydrogen-bond acceptors (Lipinski definition) is 2. The Labute approximate surface area is 103 Å². The number of carbonyl (C=O) groups excluding carboxylic acids is 1. The number of nitrogens with zero attached hydrogens (tertiary/aromatic N) is 1. The molecule has 0 saturated carbocycles. The minimum Gasteiger partial charge on any atom is -0.272 e. The lowest BCUT2D eigenvalue weighted by molar-refractivity contribution is -0.196. The highest BCUT2D eigenvalue weighted by Crippen LogP contribution is 2.14. The van der Waals surface area contributed by atoms with Gasteiger partial charge in [-0.05, 0) is 30.5 Å². The summed E-state index contributed by atoms with van der Waals surface area (Å²) in [7, 11) is 0. The lowest BCUT2D eigenvalue weighted by Gasteiger charge is -2.25. The van der Waals surface area contributed by atoms with Crippen molar-refractivity contribution >= 4 is 21.8 Å². The number of amides is 1. The highest BCUT2D eigenvalue weighted by molar-refractivity contribution is 9.10. The minimum atomic E-state index is 0.0396. The molecule has 0 aliphatic carbocycles. The van der Waals surface area contributed by atoms with Crippen LogP contribution in [0.4, 0.5) is 0 Å². The Morgan fingerprint density at radius 2 is 2.31 bits per heavy atom. The fourth-order valence-electron chi connectivity index (χ4n) is 1.70. The van der Waals surface area contributed by atoms with Gasteiger partial charge in [-0.2, -0.15) is 0 Å². The fourth-order valence-corrected chi connectivity index (χ4v) is 2.15. The van der Waals surface area contributed by atoms with Gasteiger partial charge in [-0.15, -0.1) is 0 Å². The van der Waals surface area contributed by atoms with Crippen molar-refractivity contribution in [3.8, 4) is 0 Å². The lowest BCUT2D eigenvalue weighted by atomic mass is 10.1. The number of rotatable bonds is 2. The summed E-state index contributed by atoms with van der Waals surface area (Å²) in [6.45, 7) is 1.37. The first kappa shape index (κ1) is 11.6. The molecule has 0 radical (unpaired) electrons. The molecule has 1 aromatic carbocycles. The van der Waals surface area contributed by atoms with Crippen LogP contribution in [-0.4, -0.2) is 24.1 Å². The predicted molar refractivity (Wildman–Crippen MR) is 64.7 cm³/mol. The van der Waals surface area contributed by atoms with Crippen LogP contribution in [-0.2, 0) is 16.1 Å². The molecule has 1 saturated heterocycles. The van der Waals surface area contributed by atoms with Gasteiger partial charge >= 0.3 is 0 Å². The third-order valence-electron chi connectivity index (χ3n) is 2.53. The molecule has 1 aliphatic rings. The van der Waals surface area contributed by atoms with Gasteiger partial charge in [-0.25, -0.2) is 5.06 Å². The second-order valence-corrected chi connectivity index (χ2v) is 4.76. The maximum atomic E-state index is 11.9. The summed E-state index contributed by atoms with van der Waals surface area (Å²) in [6.07, 6.45) is 2.48. The zero-order valence-electron chi connectivity index (χ0n) is 8.99. The molecule has 0 N–H and O–H groups in total. The SMILES string of the molecule is O=C(Cc1cccc(Br)c1)N1CCCCO1. The molecule has 1 heterocycles. The van der Waals surface area contributed by atoms with Crippen molar-refractivity contribution < 1.29 is 9.63 Å². The van der Waals surface area contributed by atoms with Gasteiger partial charge in [0.05, 0.1) is 13.0 Å². The zero-order chi connectivity index (χ0) is 11.4. The molecule has 0 atom stereocenters. The molecule has 86 valence electrons. The van der Waals surface area contributed by atoms with E-state index in [-0.39, 0.29) is 5.91 Å². The third-order valence-corrected chi connectivity index (χ3v) is 3.02. The van der Waals surface area contributed by atoms with E-state index < -0.39 is 0 Å². The van der Waals surface area contributed by atoms with E-state index in [2.05, 4.69) is 15.9 Å². The van der Waals surface area contributed by atoms with Crippen molar-refractivity contribution in [3.05, 3.63) is 34.3 Å². The first-order valence-electron chi connectivity index (χ1n) is 5.43. The van der Waals surface area contributed by atoms with E-state index >= 15 is 0 Å².